The van der Waals surface area contributed by atoms with Gasteiger partial charge in [0.2, 0.25) is 5.95 Å². The summed E-state index contributed by atoms with van der Waals surface area (Å²) in [5.74, 6) is -0.469. The maximum atomic E-state index is 14.4. The number of benzene rings is 1. The third-order valence-corrected chi connectivity index (χ3v) is 8.06. The van der Waals surface area contributed by atoms with Crippen molar-refractivity contribution in [1.29, 1.82) is 0 Å². The van der Waals surface area contributed by atoms with Crippen molar-refractivity contribution in [3.63, 3.8) is 0 Å². The summed E-state index contributed by atoms with van der Waals surface area (Å²) in [5, 5.41) is 8.40. The maximum Gasteiger partial charge on any atom is 0.242 e. The molecular weight excluding hydrogens is 467 g/mol. The number of aryl methyl sites for hydroxylation is 2. The lowest BCUT2D eigenvalue weighted by Crippen LogP contribution is -2.48. The van der Waals surface area contributed by atoms with Crippen LogP contribution < -0.4 is 10.2 Å². The van der Waals surface area contributed by atoms with Crippen LogP contribution in [-0.4, -0.2) is 43.9 Å². The highest BCUT2D eigenvalue weighted by molar-refractivity contribution is 5.41. The first-order chi connectivity index (χ1) is 17.5. The van der Waals surface area contributed by atoms with Gasteiger partial charge in [-0.3, -0.25) is 0 Å². The van der Waals surface area contributed by atoms with Gasteiger partial charge < -0.3 is 10.2 Å². The molecule has 2 fully saturated rings. The molecule has 0 radical (unpaired) electrons. The second kappa shape index (κ2) is 9.37. The third-order valence-electron chi connectivity index (χ3n) is 8.06. The van der Waals surface area contributed by atoms with Gasteiger partial charge in [0, 0.05) is 43.4 Å². The summed E-state index contributed by atoms with van der Waals surface area (Å²) >= 11 is 0. The monoisotopic (exact) mass is 497 g/mol. The molecular formula is C26H30F3N7. The summed E-state index contributed by atoms with van der Waals surface area (Å²) in [7, 11) is 0. The van der Waals surface area contributed by atoms with Crippen molar-refractivity contribution in [1.82, 2.24) is 24.7 Å². The van der Waals surface area contributed by atoms with Crippen LogP contribution in [0.25, 0.3) is 0 Å². The minimum Gasteiger partial charge on any atom is -0.356 e. The second-order valence-corrected chi connectivity index (χ2v) is 10.4. The Kier molecular flexibility index (Phi) is 6.05. The predicted molar refractivity (Wildman–Crippen MR) is 129 cm³/mol. The van der Waals surface area contributed by atoms with E-state index in [0.29, 0.717) is 17.8 Å². The molecule has 2 aliphatic heterocycles. The Hall–Kier alpha value is -3.17. The van der Waals surface area contributed by atoms with Gasteiger partial charge in [-0.05, 0) is 62.5 Å². The first-order valence-corrected chi connectivity index (χ1v) is 12.8. The fourth-order valence-corrected chi connectivity index (χ4v) is 6.25. The number of nitrogens with zero attached hydrogens (tertiary/aromatic N) is 6. The van der Waals surface area contributed by atoms with Crippen molar-refractivity contribution in [2.45, 2.75) is 64.0 Å². The summed E-state index contributed by atoms with van der Waals surface area (Å²) in [6.45, 7) is 4.59. The van der Waals surface area contributed by atoms with E-state index in [1.165, 1.54) is 6.07 Å². The van der Waals surface area contributed by atoms with Gasteiger partial charge in [-0.15, -0.1) is 5.10 Å². The minimum atomic E-state index is -1.41. The lowest BCUT2D eigenvalue weighted by molar-refractivity contribution is 0.374. The molecule has 36 heavy (non-hydrogen) atoms. The van der Waals surface area contributed by atoms with E-state index in [2.05, 4.69) is 20.2 Å². The smallest absolute Gasteiger partial charge is 0.242 e. The summed E-state index contributed by atoms with van der Waals surface area (Å²) in [6, 6.07) is 4.66. The molecule has 190 valence electrons. The zero-order valence-corrected chi connectivity index (χ0v) is 20.3. The Balaban J connectivity index is 1.19. The van der Waals surface area contributed by atoms with E-state index in [0.717, 1.165) is 75.1 Å². The Morgan fingerprint density at radius 2 is 1.81 bits per heavy atom. The first-order valence-electron chi connectivity index (χ1n) is 12.8. The van der Waals surface area contributed by atoms with Gasteiger partial charge in [0.15, 0.2) is 17.5 Å². The van der Waals surface area contributed by atoms with Crippen molar-refractivity contribution in [2.24, 2.45) is 11.8 Å². The Morgan fingerprint density at radius 1 is 1.00 bits per heavy atom. The molecule has 2 bridgehead atoms. The van der Waals surface area contributed by atoms with Gasteiger partial charge >= 0.3 is 0 Å². The van der Waals surface area contributed by atoms with Crippen LogP contribution in [0.15, 0.2) is 24.5 Å². The van der Waals surface area contributed by atoms with Crippen molar-refractivity contribution in [2.75, 3.05) is 23.3 Å². The van der Waals surface area contributed by atoms with Crippen molar-refractivity contribution < 1.29 is 13.2 Å². The van der Waals surface area contributed by atoms with Gasteiger partial charge in [0.05, 0.1) is 0 Å². The SMILES string of the molecule is Cc1cc(N2C[C@H]3CC[C@@H](C2)[C@@H]3Nc2nc3n(n2)CCCC[C@H]3Cc2ccc(F)c(F)c2F)ncn1. The molecule has 7 nitrogen and oxygen atoms in total. The standard InChI is InChI=1S/C26H30F3N7/c1-15-10-21(31-14-30-15)35-12-18-5-6-19(13-35)24(18)32-26-33-25-17(4-2-3-9-36(25)34-26)11-16-7-8-20(27)23(29)22(16)28/h7-8,10,14,17-19,24H,2-6,9,11-13H2,1H3,(H,32,34)/t17-,18-,19+,24-/m0/s1. The number of aromatic nitrogens is 5. The maximum absolute atomic E-state index is 14.4. The molecule has 3 aliphatic rings. The third kappa shape index (κ3) is 4.30. The number of nitrogens with one attached hydrogen (secondary N) is 1. The van der Waals surface area contributed by atoms with E-state index in [1.54, 1.807) is 6.33 Å². The van der Waals surface area contributed by atoms with Crippen LogP contribution >= 0.6 is 0 Å². The number of anilines is 2. The van der Waals surface area contributed by atoms with Crippen LogP contribution in [-0.2, 0) is 13.0 Å². The molecule has 0 amide bonds. The van der Waals surface area contributed by atoms with Gasteiger partial charge in [0.25, 0.3) is 0 Å². The minimum absolute atomic E-state index is 0.102. The molecule has 0 spiro atoms. The summed E-state index contributed by atoms with van der Waals surface area (Å²) in [6.07, 6.45) is 6.90. The van der Waals surface area contributed by atoms with E-state index in [9.17, 15) is 13.2 Å². The molecule has 1 saturated heterocycles. The molecule has 3 aromatic rings. The topological polar surface area (TPSA) is 71.8 Å². The van der Waals surface area contributed by atoms with Crippen LogP contribution in [0.5, 0.6) is 0 Å². The van der Waals surface area contributed by atoms with Gasteiger partial charge in [0.1, 0.15) is 18.0 Å². The van der Waals surface area contributed by atoms with Crippen LogP contribution in [0, 0.1) is 36.2 Å². The molecule has 6 rings (SSSR count). The van der Waals surface area contributed by atoms with Crippen LogP contribution in [0.1, 0.15) is 55.1 Å². The average Bonchev–Trinajstić information content (AvgIpc) is 3.29. The molecule has 0 unspecified atom stereocenters. The molecule has 10 heteroatoms. The molecule has 1 aromatic carbocycles. The highest BCUT2D eigenvalue weighted by atomic mass is 19.2. The fraction of sp³-hybridized carbons (Fsp3) is 0.538. The number of hydrogen-bond donors (Lipinski definition) is 1. The lowest BCUT2D eigenvalue weighted by Gasteiger charge is -2.38. The molecule has 2 aromatic heterocycles. The van der Waals surface area contributed by atoms with E-state index in [4.69, 9.17) is 10.1 Å². The highest BCUT2D eigenvalue weighted by Gasteiger charge is 2.43. The summed E-state index contributed by atoms with van der Waals surface area (Å²) in [4.78, 5) is 15.9. The molecule has 4 heterocycles. The zero-order chi connectivity index (χ0) is 24.8. The number of piperidine rings is 1. The number of hydrogen-bond acceptors (Lipinski definition) is 6. The predicted octanol–water partition coefficient (Wildman–Crippen LogP) is 4.63. The molecule has 4 atom stereocenters. The molecule has 1 N–H and O–H groups in total. The van der Waals surface area contributed by atoms with E-state index < -0.39 is 17.5 Å². The molecule has 1 saturated carbocycles. The quantitative estimate of drug-likeness (QED) is 0.519. The van der Waals surface area contributed by atoms with Gasteiger partial charge in [-0.2, -0.15) is 4.98 Å². The number of rotatable bonds is 5. The Morgan fingerprint density at radius 3 is 2.58 bits per heavy atom. The average molecular weight is 498 g/mol. The molecule has 1 aliphatic carbocycles. The van der Waals surface area contributed by atoms with Crippen molar-refractivity contribution in [3.05, 3.63) is 59.1 Å². The van der Waals surface area contributed by atoms with Crippen LogP contribution in [0.2, 0.25) is 0 Å². The lowest BCUT2D eigenvalue weighted by atomic mass is 9.92. The normalized spacial score (nSPS) is 25.5. The Bertz CT molecular complexity index is 1250. The highest BCUT2D eigenvalue weighted by Crippen LogP contribution is 2.40. The zero-order valence-electron chi connectivity index (χ0n) is 20.3. The van der Waals surface area contributed by atoms with Crippen molar-refractivity contribution >= 4 is 11.8 Å². The van der Waals surface area contributed by atoms with E-state index in [1.807, 2.05) is 17.7 Å². The number of fused-ring (bicyclic) bond motifs is 3. The second-order valence-electron chi connectivity index (χ2n) is 10.4. The van der Waals surface area contributed by atoms with Gasteiger partial charge in [-0.25, -0.2) is 27.8 Å². The first kappa shape index (κ1) is 23.2. The summed E-state index contributed by atoms with van der Waals surface area (Å²) < 4.78 is 43.5. The van der Waals surface area contributed by atoms with Crippen molar-refractivity contribution in [3.8, 4) is 0 Å². The Labute approximate surface area is 208 Å². The number of halogens is 3. The summed E-state index contributed by atoms with van der Waals surface area (Å²) in [5.41, 5.74) is 1.14. The largest absolute Gasteiger partial charge is 0.356 e. The van der Waals surface area contributed by atoms with Crippen LogP contribution in [0.4, 0.5) is 24.9 Å². The van der Waals surface area contributed by atoms with Gasteiger partial charge in [-0.1, -0.05) is 12.5 Å². The van der Waals surface area contributed by atoms with Crippen LogP contribution in [0.3, 0.4) is 0 Å². The van der Waals surface area contributed by atoms with E-state index >= 15 is 0 Å². The fourth-order valence-electron chi connectivity index (χ4n) is 6.25. The van der Waals surface area contributed by atoms with E-state index in [-0.39, 0.29) is 23.9 Å².